The summed E-state index contributed by atoms with van der Waals surface area (Å²) in [4.78, 5) is 0. The van der Waals surface area contributed by atoms with Gasteiger partial charge in [0.25, 0.3) is 0 Å². The first kappa shape index (κ1) is 8.12. The molecule has 0 unspecified atom stereocenters. The van der Waals surface area contributed by atoms with Gasteiger partial charge in [0, 0.05) is 49.0 Å². The topological polar surface area (TPSA) is 17.1 Å². The molecule has 7 heteroatoms. The normalized spacial score (nSPS) is 7.43. The van der Waals surface area contributed by atoms with Gasteiger partial charge in [0.15, 0.2) is 0 Å². The van der Waals surface area contributed by atoms with Crippen LogP contribution >= 0.6 is 0 Å². The Kier molecular flexibility index (Phi) is 4.69. The number of hydrogen-bond donors (Lipinski definition) is 0. The minimum absolute atomic E-state index is 0.727. The lowest BCUT2D eigenvalue weighted by Crippen LogP contribution is -1.48. The Morgan fingerprint density at radius 3 is 1.86 bits per heavy atom. The second-order valence-electron chi connectivity index (χ2n) is 0.476. The molecule has 0 bridgehead atoms. The van der Waals surface area contributed by atoms with Crippen molar-refractivity contribution >= 4 is 56.9 Å². The van der Waals surface area contributed by atoms with E-state index in [0.717, 1.165) is 8.88 Å². The zero-order chi connectivity index (χ0) is 5.86. The molecule has 0 aliphatic rings. The molecule has 0 N–H and O–H groups in total. The summed E-state index contributed by atoms with van der Waals surface area (Å²) in [7, 11) is -0.371. The molecule has 0 rings (SSSR count). The van der Waals surface area contributed by atoms with Crippen LogP contribution in [0.15, 0.2) is 0 Å². The number of rotatable bonds is 0. The van der Waals surface area contributed by atoms with Gasteiger partial charge in [-0.15, -0.1) is 0 Å². The van der Waals surface area contributed by atoms with E-state index in [1.165, 1.54) is 0 Å². The summed E-state index contributed by atoms with van der Waals surface area (Å²) >= 11 is 13.3. The van der Waals surface area contributed by atoms with E-state index in [0.29, 0.717) is 0 Å². The van der Waals surface area contributed by atoms with E-state index >= 15 is 0 Å². The molecule has 0 heterocycles. The fraction of sp³-hybridized carbons (Fsp3) is 0. The standard InChI is InChI=1S/OS6/c1-6(3)7(4)5-2. The zero-order valence-electron chi connectivity index (χ0n) is 2.86. The van der Waals surface area contributed by atoms with Gasteiger partial charge in [0.2, 0.25) is 0 Å². The van der Waals surface area contributed by atoms with E-state index in [2.05, 4.69) is 33.6 Å². The van der Waals surface area contributed by atoms with E-state index in [1.54, 1.807) is 0 Å². The van der Waals surface area contributed by atoms with Gasteiger partial charge in [-0.2, -0.15) is 0 Å². The van der Waals surface area contributed by atoms with Crippen LogP contribution in [0.2, 0.25) is 0 Å². The highest BCUT2D eigenvalue weighted by atomic mass is 33.4. The van der Waals surface area contributed by atoms with Crippen LogP contribution in [-0.2, 0) is 56.9 Å². The predicted molar refractivity (Wildman–Crippen MR) is 45.0 cm³/mol. The SMILES string of the molecule is O=S(=S)=S(=S)=S=S. The van der Waals surface area contributed by atoms with Gasteiger partial charge in [-0.1, -0.05) is 0 Å². The second-order valence-corrected chi connectivity index (χ2v) is 10.4. The molecule has 0 amide bonds. The number of hydrogen-bond acceptors (Lipinski definition) is 4. The summed E-state index contributed by atoms with van der Waals surface area (Å²) in [6.07, 6.45) is 0. The maximum atomic E-state index is 10.1. The molecule has 0 aromatic rings. The van der Waals surface area contributed by atoms with Crippen LogP contribution in [-0.4, -0.2) is 4.21 Å². The van der Waals surface area contributed by atoms with Crippen molar-refractivity contribution in [1.82, 2.24) is 0 Å². The van der Waals surface area contributed by atoms with Crippen LogP contribution in [0.1, 0.15) is 0 Å². The lowest BCUT2D eigenvalue weighted by molar-refractivity contribution is 0.701. The van der Waals surface area contributed by atoms with Crippen LogP contribution in [0, 0.1) is 0 Å². The largest absolute Gasteiger partial charge is 0.202 e. The Morgan fingerprint density at radius 1 is 1.43 bits per heavy atom. The molecule has 0 spiro atoms. The quantitative estimate of drug-likeness (QED) is 0.541. The molecule has 0 aliphatic carbocycles. The summed E-state index contributed by atoms with van der Waals surface area (Å²) in [5.41, 5.74) is 0. The van der Waals surface area contributed by atoms with Crippen molar-refractivity contribution in [3.8, 4) is 0 Å². The molecule has 0 saturated heterocycles. The fourth-order valence-electron chi connectivity index (χ4n) is 0.0227. The van der Waals surface area contributed by atoms with Crippen molar-refractivity contribution in [3.63, 3.8) is 0 Å². The van der Waals surface area contributed by atoms with Crippen molar-refractivity contribution < 1.29 is 4.21 Å². The van der Waals surface area contributed by atoms with E-state index in [-0.39, 0.29) is 0 Å². The van der Waals surface area contributed by atoms with Gasteiger partial charge < -0.3 is 0 Å². The zero-order valence-corrected chi connectivity index (χ0v) is 7.76. The summed E-state index contributed by atoms with van der Waals surface area (Å²) in [6, 6.07) is 0. The highest BCUT2D eigenvalue weighted by Crippen LogP contribution is 1.43. The van der Waals surface area contributed by atoms with Gasteiger partial charge in [0.05, 0.1) is 0 Å². The van der Waals surface area contributed by atoms with Crippen molar-refractivity contribution in [3.05, 3.63) is 0 Å². The lowest BCUT2D eigenvalue weighted by atomic mass is 16.0. The maximum Gasteiger partial charge on any atom is 0.142 e. The molecule has 0 aromatic heterocycles. The monoisotopic (exact) mass is 208 g/mol. The highest BCUT2D eigenvalue weighted by Gasteiger charge is 1.50. The molecule has 0 aliphatic heterocycles. The third-order valence-electron chi connectivity index (χ3n) is 0.167. The molecule has 1 nitrogen and oxygen atoms in total. The first-order chi connectivity index (χ1) is 3.18. The Bertz CT molecular complexity index is 284. The predicted octanol–water partition coefficient (Wildman–Crippen LogP) is -0.348. The molecular weight excluding hydrogens is 208 g/mol. The third-order valence-corrected chi connectivity index (χ3v) is 10.5. The fourth-order valence-corrected chi connectivity index (χ4v) is 3.67. The van der Waals surface area contributed by atoms with Crippen molar-refractivity contribution in [2.24, 2.45) is 0 Å². The van der Waals surface area contributed by atoms with E-state index in [4.69, 9.17) is 0 Å². The lowest BCUT2D eigenvalue weighted by Gasteiger charge is -1.42. The van der Waals surface area contributed by atoms with Crippen LogP contribution in [0.25, 0.3) is 0 Å². The smallest absolute Gasteiger partial charge is 0.142 e. The highest BCUT2D eigenvalue weighted by molar-refractivity contribution is 8.75. The Hall–Kier alpha value is 1.12. The first-order valence-corrected chi connectivity index (χ1v) is 8.00. The van der Waals surface area contributed by atoms with Crippen molar-refractivity contribution in [2.45, 2.75) is 0 Å². The van der Waals surface area contributed by atoms with E-state index in [9.17, 15) is 4.21 Å². The van der Waals surface area contributed by atoms with Gasteiger partial charge in [0.1, 0.15) is 7.92 Å². The molecule has 0 saturated carbocycles. The van der Waals surface area contributed by atoms with Crippen LogP contribution in [0.3, 0.4) is 0 Å². The van der Waals surface area contributed by atoms with Crippen LogP contribution in [0.5, 0.6) is 0 Å². The molecular formula is OS6. The van der Waals surface area contributed by atoms with Gasteiger partial charge in [-0.25, -0.2) is 4.21 Å². The molecule has 7 heavy (non-hydrogen) atoms. The Morgan fingerprint density at radius 2 is 1.86 bits per heavy atom. The van der Waals surface area contributed by atoms with Gasteiger partial charge in [-0.3, -0.25) is 0 Å². The minimum atomic E-state index is -1.33. The second kappa shape index (κ2) is 4.04. The first-order valence-electron chi connectivity index (χ1n) is 1.00. The Balaban J connectivity index is 6.29. The van der Waals surface area contributed by atoms with E-state index < -0.39 is 14.5 Å². The molecule has 0 aromatic carbocycles. The maximum absolute atomic E-state index is 10.1. The van der Waals surface area contributed by atoms with Crippen LogP contribution in [0.4, 0.5) is 0 Å². The molecule has 42 valence electrons. The average molecular weight is 208 g/mol. The molecule has 0 fully saturated rings. The van der Waals surface area contributed by atoms with E-state index in [1.807, 2.05) is 0 Å². The van der Waals surface area contributed by atoms with Gasteiger partial charge >= 0.3 is 0 Å². The summed E-state index contributed by atoms with van der Waals surface area (Å²) in [5.74, 6) is 0. The summed E-state index contributed by atoms with van der Waals surface area (Å²) in [6.45, 7) is -0.727. The third kappa shape index (κ3) is 3.68. The van der Waals surface area contributed by atoms with Crippen LogP contribution < -0.4 is 0 Å². The molecule has 0 radical (unpaired) electrons. The summed E-state index contributed by atoms with van der Waals surface area (Å²) < 4.78 is 10.1. The summed E-state index contributed by atoms with van der Waals surface area (Å²) in [5, 5.41) is 0. The molecule has 0 atom stereocenters. The average Bonchev–Trinajstić information content (AvgIpc) is 1.65. The van der Waals surface area contributed by atoms with Crippen molar-refractivity contribution in [1.29, 1.82) is 0 Å². The Labute approximate surface area is 60.7 Å². The van der Waals surface area contributed by atoms with Gasteiger partial charge in [-0.05, 0) is 0 Å². The van der Waals surface area contributed by atoms with Crippen molar-refractivity contribution in [2.75, 3.05) is 0 Å². The minimum Gasteiger partial charge on any atom is -0.202 e.